The topological polar surface area (TPSA) is 26.3 Å². The third-order valence-corrected chi connectivity index (χ3v) is 4.13. The molecule has 0 saturated carbocycles. The lowest BCUT2D eigenvalue weighted by Gasteiger charge is -2.00. The van der Waals surface area contributed by atoms with Crippen LogP contribution in [0.1, 0.15) is 104 Å². The van der Waals surface area contributed by atoms with Crippen LogP contribution in [0.5, 0.6) is 0 Å². The molecule has 0 unspecified atom stereocenters. The van der Waals surface area contributed by atoms with Gasteiger partial charge in [0.1, 0.15) is 0 Å². The second-order valence-corrected chi connectivity index (χ2v) is 6.62. The van der Waals surface area contributed by atoms with Crippen LogP contribution < -0.4 is 0 Å². The van der Waals surface area contributed by atoms with E-state index in [0.29, 0.717) is 6.61 Å². The van der Waals surface area contributed by atoms with Crippen molar-refractivity contribution in [2.45, 2.75) is 104 Å². The summed E-state index contributed by atoms with van der Waals surface area (Å²) in [7, 11) is 0. The molecule has 0 aliphatic rings. The lowest BCUT2D eigenvalue weighted by molar-refractivity contribution is -0.141. The maximum absolute atomic E-state index is 10.6. The molecule has 0 heterocycles. The van der Waals surface area contributed by atoms with E-state index in [1.807, 2.05) is 0 Å². The summed E-state index contributed by atoms with van der Waals surface area (Å²) in [4.78, 5) is 10.6. The van der Waals surface area contributed by atoms with Crippen LogP contribution in [-0.4, -0.2) is 12.6 Å². The van der Waals surface area contributed by atoms with E-state index in [-0.39, 0.29) is 5.97 Å². The lowest BCUT2D eigenvalue weighted by atomic mass is 10.1. The van der Waals surface area contributed by atoms with Crippen molar-refractivity contribution in [1.29, 1.82) is 0 Å². The lowest BCUT2D eigenvalue weighted by Crippen LogP contribution is -1.99. The fourth-order valence-corrected chi connectivity index (χ4v) is 2.64. The predicted octanol–water partition coefficient (Wildman–Crippen LogP) is 7.14. The van der Waals surface area contributed by atoms with Crippen LogP contribution in [0.2, 0.25) is 0 Å². The molecule has 140 valence electrons. The highest BCUT2D eigenvalue weighted by Gasteiger charge is 1.93. The second-order valence-electron chi connectivity index (χ2n) is 6.62. The van der Waals surface area contributed by atoms with Crippen molar-refractivity contribution in [3.63, 3.8) is 0 Å². The average molecular weight is 337 g/mol. The minimum absolute atomic E-state index is 0.168. The zero-order valence-corrected chi connectivity index (χ0v) is 16.2. The third kappa shape index (κ3) is 20.9. The molecule has 0 N–H and O–H groups in total. The van der Waals surface area contributed by atoms with Crippen LogP contribution in [-0.2, 0) is 9.53 Å². The summed E-state index contributed by atoms with van der Waals surface area (Å²) in [5.74, 6) is -0.168. The molecule has 0 fully saturated rings. The van der Waals surface area contributed by atoms with Gasteiger partial charge < -0.3 is 4.74 Å². The molecule has 0 amide bonds. The van der Waals surface area contributed by atoms with Crippen LogP contribution in [0.25, 0.3) is 0 Å². The minimum Gasteiger partial charge on any atom is -0.466 e. The van der Waals surface area contributed by atoms with E-state index in [1.54, 1.807) is 0 Å². The van der Waals surface area contributed by atoms with Crippen LogP contribution in [0, 0.1) is 0 Å². The SMILES string of the molecule is CCCCCCCCC=CCCC=CCCCCCCOC(C)=O. The van der Waals surface area contributed by atoms with E-state index in [2.05, 4.69) is 31.2 Å². The molecule has 0 aromatic heterocycles. The third-order valence-electron chi connectivity index (χ3n) is 4.13. The smallest absolute Gasteiger partial charge is 0.302 e. The Morgan fingerprint density at radius 1 is 0.667 bits per heavy atom. The number of ether oxygens (including phenoxy) is 1. The van der Waals surface area contributed by atoms with Gasteiger partial charge in [-0.1, -0.05) is 76.2 Å². The molecule has 0 atom stereocenters. The molecule has 0 radical (unpaired) electrons. The first kappa shape index (κ1) is 22.9. The largest absolute Gasteiger partial charge is 0.466 e. The zero-order chi connectivity index (χ0) is 17.7. The Morgan fingerprint density at radius 2 is 1.12 bits per heavy atom. The Kier molecular flexibility index (Phi) is 19.1. The van der Waals surface area contributed by atoms with Crippen LogP contribution in [0.4, 0.5) is 0 Å². The molecule has 0 aliphatic carbocycles. The minimum atomic E-state index is -0.168. The van der Waals surface area contributed by atoms with Gasteiger partial charge in [-0.25, -0.2) is 0 Å². The standard InChI is InChI=1S/C22H40O2/c1-3-4-5-6-7-8-9-10-11-12-13-14-15-16-17-18-19-20-21-24-22(2)23/h10-11,14-15H,3-9,12-13,16-21H2,1-2H3. The van der Waals surface area contributed by atoms with Gasteiger partial charge in [0.05, 0.1) is 6.61 Å². The molecule has 0 spiro atoms. The molecule has 0 bridgehead atoms. The highest BCUT2D eigenvalue weighted by molar-refractivity contribution is 5.65. The molecule has 24 heavy (non-hydrogen) atoms. The van der Waals surface area contributed by atoms with Crippen molar-refractivity contribution < 1.29 is 9.53 Å². The molecular formula is C22H40O2. The van der Waals surface area contributed by atoms with Crippen molar-refractivity contribution in [1.82, 2.24) is 0 Å². The van der Waals surface area contributed by atoms with Crippen molar-refractivity contribution in [3.05, 3.63) is 24.3 Å². The maximum atomic E-state index is 10.6. The van der Waals surface area contributed by atoms with Crippen LogP contribution in [0.15, 0.2) is 24.3 Å². The van der Waals surface area contributed by atoms with Crippen LogP contribution in [0.3, 0.4) is 0 Å². The summed E-state index contributed by atoms with van der Waals surface area (Å²) in [5, 5.41) is 0. The fraction of sp³-hybridized carbons (Fsp3) is 0.773. The van der Waals surface area contributed by atoms with E-state index in [1.165, 1.54) is 84.0 Å². The van der Waals surface area contributed by atoms with E-state index in [9.17, 15) is 4.79 Å². The van der Waals surface area contributed by atoms with Gasteiger partial charge in [0.2, 0.25) is 0 Å². The number of carbonyl (C=O) groups excluding carboxylic acids is 1. The number of carbonyl (C=O) groups is 1. The van der Waals surface area contributed by atoms with Gasteiger partial charge in [0, 0.05) is 6.92 Å². The first-order valence-corrected chi connectivity index (χ1v) is 10.2. The number of rotatable bonds is 17. The number of unbranched alkanes of at least 4 members (excludes halogenated alkanes) is 11. The van der Waals surface area contributed by atoms with Gasteiger partial charge in [0.25, 0.3) is 0 Å². The molecule has 0 aliphatic heterocycles. The number of hydrogen-bond acceptors (Lipinski definition) is 2. The summed E-state index contributed by atoms with van der Waals surface area (Å²) in [5.41, 5.74) is 0. The Hall–Kier alpha value is -1.05. The molecule has 0 aromatic rings. The maximum Gasteiger partial charge on any atom is 0.302 e. The summed E-state index contributed by atoms with van der Waals surface area (Å²) in [6.45, 7) is 4.32. The highest BCUT2D eigenvalue weighted by Crippen LogP contribution is 2.08. The molecule has 0 aromatic carbocycles. The van der Waals surface area contributed by atoms with Crippen molar-refractivity contribution in [2.24, 2.45) is 0 Å². The highest BCUT2D eigenvalue weighted by atomic mass is 16.5. The molecular weight excluding hydrogens is 296 g/mol. The average Bonchev–Trinajstić information content (AvgIpc) is 2.56. The van der Waals surface area contributed by atoms with Crippen LogP contribution >= 0.6 is 0 Å². The quantitative estimate of drug-likeness (QED) is 0.160. The van der Waals surface area contributed by atoms with E-state index in [4.69, 9.17) is 4.74 Å². The fourth-order valence-electron chi connectivity index (χ4n) is 2.64. The molecule has 2 nitrogen and oxygen atoms in total. The Morgan fingerprint density at radius 3 is 1.67 bits per heavy atom. The van der Waals surface area contributed by atoms with Crippen molar-refractivity contribution in [2.75, 3.05) is 6.61 Å². The number of esters is 1. The zero-order valence-electron chi connectivity index (χ0n) is 16.2. The van der Waals surface area contributed by atoms with E-state index >= 15 is 0 Å². The van der Waals surface area contributed by atoms with Crippen molar-refractivity contribution >= 4 is 5.97 Å². The van der Waals surface area contributed by atoms with Gasteiger partial charge in [0.15, 0.2) is 0 Å². The van der Waals surface area contributed by atoms with Gasteiger partial charge in [-0.15, -0.1) is 0 Å². The second kappa shape index (κ2) is 20.0. The Balaban J connectivity index is 3.18. The first-order chi connectivity index (χ1) is 11.8. The van der Waals surface area contributed by atoms with Crippen molar-refractivity contribution in [3.8, 4) is 0 Å². The molecule has 0 rings (SSSR count). The predicted molar refractivity (Wildman–Crippen MR) is 105 cm³/mol. The summed E-state index contributed by atoms with van der Waals surface area (Å²) < 4.78 is 4.91. The van der Waals surface area contributed by atoms with Gasteiger partial charge in [-0.2, -0.15) is 0 Å². The van der Waals surface area contributed by atoms with E-state index in [0.717, 1.165) is 12.8 Å². The monoisotopic (exact) mass is 336 g/mol. The summed E-state index contributed by atoms with van der Waals surface area (Å²) in [6.07, 6.45) is 27.0. The van der Waals surface area contributed by atoms with Gasteiger partial charge in [-0.05, 0) is 44.9 Å². The summed E-state index contributed by atoms with van der Waals surface area (Å²) in [6, 6.07) is 0. The Labute approximate surface area is 150 Å². The van der Waals surface area contributed by atoms with Gasteiger partial charge in [-0.3, -0.25) is 4.79 Å². The first-order valence-electron chi connectivity index (χ1n) is 10.2. The normalized spacial score (nSPS) is 11.6. The van der Waals surface area contributed by atoms with E-state index < -0.39 is 0 Å². The Bertz CT molecular complexity index is 318. The molecule has 0 saturated heterocycles. The number of allylic oxidation sites excluding steroid dienone is 4. The van der Waals surface area contributed by atoms with Gasteiger partial charge >= 0.3 is 5.97 Å². The molecule has 2 heteroatoms. The number of hydrogen-bond donors (Lipinski definition) is 0. The summed E-state index contributed by atoms with van der Waals surface area (Å²) >= 11 is 0.